The minimum atomic E-state index is -4.67. The number of aliphatic hydroxyl groups excluding tert-OH is 2. The second-order valence-electron chi connectivity index (χ2n) is 5.47. The number of aliphatic hydroxyl groups is 2. The van der Waals surface area contributed by atoms with Crippen molar-refractivity contribution in [1.29, 1.82) is 0 Å². The van der Waals surface area contributed by atoms with Crippen LogP contribution in [0.15, 0.2) is 48.5 Å². The van der Waals surface area contributed by atoms with Crippen LogP contribution in [-0.4, -0.2) is 29.0 Å². The lowest BCUT2D eigenvalue weighted by Crippen LogP contribution is -2.47. The SMILES string of the molecule is OCC(N[C@H](c1ccc(Cl)cc1)[C@H](O)c1cccc(Cl)c1)C(F)(F)F. The molecule has 0 aliphatic carbocycles. The van der Waals surface area contributed by atoms with Crippen LogP contribution >= 0.6 is 23.2 Å². The van der Waals surface area contributed by atoms with Crippen LogP contribution in [0.4, 0.5) is 13.2 Å². The van der Waals surface area contributed by atoms with Crippen molar-refractivity contribution in [3.05, 3.63) is 69.7 Å². The van der Waals surface area contributed by atoms with Crippen LogP contribution in [0.3, 0.4) is 0 Å². The molecule has 0 spiro atoms. The summed E-state index contributed by atoms with van der Waals surface area (Å²) in [5.74, 6) is 0. The first-order chi connectivity index (χ1) is 11.7. The molecule has 0 amide bonds. The van der Waals surface area contributed by atoms with E-state index in [1.54, 1.807) is 18.2 Å². The summed E-state index contributed by atoms with van der Waals surface area (Å²) in [6.45, 7) is -1.16. The molecule has 136 valence electrons. The summed E-state index contributed by atoms with van der Waals surface area (Å²) in [6, 6.07) is 8.94. The Labute approximate surface area is 153 Å². The highest BCUT2D eigenvalue weighted by molar-refractivity contribution is 6.30. The highest BCUT2D eigenvalue weighted by atomic mass is 35.5. The van der Waals surface area contributed by atoms with Gasteiger partial charge in [-0.1, -0.05) is 47.5 Å². The predicted molar refractivity (Wildman–Crippen MR) is 90.7 cm³/mol. The smallest absolute Gasteiger partial charge is 0.394 e. The Kier molecular flexibility index (Phi) is 6.71. The molecule has 0 saturated heterocycles. The van der Waals surface area contributed by atoms with E-state index >= 15 is 0 Å². The first-order valence-electron chi connectivity index (χ1n) is 7.35. The second kappa shape index (κ2) is 8.38. The molecule has 0 aliphatic rings. The van der Waals surface area contributed by atoms with Crippen molar-refractivity contribution >= 4 is 23.2 Å². The number of benzene rings is 2. The number of hydrogen-bond acceptors (Lipinski definition) is 3. The van der Waals surface area contributed by atoms with Gasteiger partial charge in [0.2, 0.25) is 0 Å². The Morgan fingerprint density at radius 3 is 2.12 bits per heavy atom. The second-order valence-corrected chi connectivity index (χ2v) is 6.35. The van der Waals surface area contributed by atoms with Gasteiger partial charge in [-0.3, -0.25) is 5.32 Å². The summed E-state index contributed by atoms with van der Waals surface area (Å²) in [7, 11) is 0. The van der Waals surface area contributed by atoms with Gasteiger partial charge in [-0.25, -0.2) is 0 Å². The molecule has 2 rings (SSSR count). The highest BCUT2D eigenvalue weighted by Gasteiger charge is 2.41. The van der Waals surface area contributed by atoms with Gasteiger partial charge >= 0.3 is 6.18 Å². The van der Waals surface area contributed by atoms with Crippen LogP contribution in [-0.2, 0) is 0 Å². The van der Waals surface area contributed by atoms with Crippen LogP contribution in [0.2, 0.25) is 10.0 Å². The van der Waals surface area contributed by atoms with Crippen molar-refractivity contribution in [1.82, 2.24) is 5.32 Å². The fraction of sp³-hybridized carbons (Fsp3) is 0.294. The van der Waals surface area contributed by atoms with Crippen LogP contribution in [0.25, 0.3) is 0 Å². The molecule has 2 aromatic rings. The molecule has 0 saturated carbocycles. The van der Waals surface area contributed by atoms with Gasteiger partial charge in [-0.05, 0) is 35.4 Å². The van der Waals surface area contributed by atoms with Crippen molar-refractivity contribution in [2.45, 2.75) is 24.4 Å². The molecule has 0 fully saturated rings. The predicted octanol–water partition coefficient (Wildman–Crippen LogP) is 4.28. The van der Waals surface area contributed by atoms with Crippen LogP contribution in [0, 0.1) is 0 Å². The monoisotopic (exact) mass is 393 g/mol. The molecule has 3 atom stereocenters. The maximum absolute atomic E-state index is 13.0. The molecular formula is C17H16Cl2F3NO2. The molecule has 3 N–H and O–H groups in total. The Balaban J connectivity index is 2.39. The first kappa shape index (κ1) is 20.0. The molecule has 1 unspecified atom stereocenters. The van der Waals surface area contributed by atoms with Gasteiger partial charge in [0.05, 0.1) is 18.8 Å². The third kappa shape index (κ3) is 5.33. The standard InChI is InChI=1S/C17H16Cl2F3NO2/c18-12-6-4-10(5-7-12)15(23-14(9-24)17(20,21)22)16(25)11-2-1-3-13(19)8-11/h1-8,14-16,23-25H,9H2/t14?,15-,16-/m1/s1. The number of nitrogens with one attached hydrogen (secondary N) is 1. The Bertz CT molecular complexity index is 695. The van der Waals surface area contributed by atoms with Crippen LogP contribution in [0.1, 0.15) is 23.3 Å². The molecule has 25 heavy (non-hydrogen) atoms. The zero-order valence-corrected chi connectivity index (χ0v) is 14.4. The molecule has 2 aromatic carbocycles. The highest BCUT2D eigenvalue weighted by Crippen LogP contribution is 2.33. The molecule has 0 heterocycles. The fourth-order valence-corrected chi connectivity index (χ4v) is 2.71. The Hall–Kier alpha value is -1.31. The van der Waals surface area contributed by atoms with E-state index in [0.717, 1.165) is 0 Å². The number of rotatable bonds is 6. The third-order valence-electron chi connectivity index (χ3n) is 3.69. The van der Waals surface area contributed by atoms with E-state index in [9.17, 15) is 18.3 Å². The normalized spacial score (nSPS) is 15.6. The van der Waals surface area contributed by atoms with E-state index in [2.05, 4.69) is 5.32 Å². The molecule has 0 radical (unpaired) electrons. The van der Waals surface area contributed by atoms with Gasteiger partial charge in [-0.2, -0.15) is 13.2 Å². The van der Waals surface area contributed by atoms with Gasteiger partial charge in [0.15, 0.2) is 0 Å². The quantitative estimate of drug-likeness (QED) is 0.686. The molecule has 3 nitrogen and oxygen atoms in total. The van der Waals surface area contributed by atoms with Crippen LogP contribution in [0.5, 0.6) is 0 Å². The van der Waals surface area contributed by atoms with Crippen molar-refractivity contribution in [2.75, 3.05) is 6.61 Å². The topological polar surface area (TPSA) is 52.5 Å². The van der Waals surface area contributed by atoms with Gasteiger partial charge in [0, 0.05) is 10.0 Å². The largest absolute Gasteiger partial charge is 0.406 e. The summed E-state index contributed by atoms with van der Waals surface area (Å²) >= 11 is 11.7. The summed E-state index contributed by atoms with van der Waals surface area (Å²) in [4.78, 5) is 0. The van der Waals surface area contributed by atoms with E-state index in [1.165, 1.54) is 30.3 Å². The maximum atomic E-state index is 13.0. The van der Waals surface area contributed by atoms with E-state index in [0.29, 0.717) is 21.2 Å². The van der Waals surface area contributed by atoms with E-state index in [4.69, 9.17) is 28.3 Å². The lowest BCUT2D eigenvalue weighted by molar-refractivity contribution is -0.167. The minimum absolute atomic E-state index is 0.346. The lowest BCUT2D eigenvalue weighted by Gasteiger charge is -2.30. The molecule has 0 aromatic heterocycles. The van der Waals surface area contributed by atoms with Gasteiger partial charge < -0.3 is 10.2 Å². The molecule has 8 heteroatoms. The Morgan fingerprint density at radius 2 is 1.60 bits per heavy atom. The van der Waals surface area contributed by atoms with E-state index < -0.39 is 31.0 Å². The number of halogens is 5. The fourth-order valence-electron chi connectivity index (χ4n) is 2.39. The minimum Gasteiger partial charge on any atom is -0.394 e. The summed E-state index contributed by atoms with van der Waals surface area (Å²) < 4.78 is 39.1. The van der Waals surface area contributed by atoms with Crippen molar-refractivity contribution < 1.29 is 23.4 Å². The van der Waals surface area contributed by atoms with Gasteiger partial charge in [0.25, 0.3) is 0 Å². The van der Waals surface area contributed by atoms with Crippen LogP contribution < -0.4 is 5.32 Å². The Morgan fingerprint density at radius 1 is 0.960 bits per heavy atom. The number of alkyl halides is 3. The van der Waals surface area contributed by atoms with Gasteiger partial charge in [-0.15, -0.1) is 0 Å². The zero-order chi connectivity index (χ0) is 18.6. The number of hydrogen-bond donors (Lipinski definition) is 3. The lowest BCUT2D eigenvalue weighted by atomic mass is 9.95. The molecule has 0 bridgehead atoms. The average Bonchev–Trinajstić information content (AvgIpc) is 2.55. The average molecular weight is 394 g/mol. The van der Waals surface area contributed by atoms with Gasteiger partial charge in [0.1, 0.15) is 6.04 Å². The third-order valence-corrected chi connectivity index (χ3v) is 4.18. The summed E-state index contributed by atoms with van der Waals surface area (Å²) in [5, 5.41) is 22.8. The first-order valence-corrected chi connectivity index (χ1v) is 8.10. The maximum Gasteiger partial charge on any atom is 0.406 e. The van der Waals surface area contributed by atoms with E-state index in [1.807, 2.05) is 0 Å². The van der Waals surface area contributed by atoms with Crippen molar-refractivity contribution in [3.8, 4) is 0 Å². The van der Waals surface area contributed by atoms with E-state index in [-0.39, 0.29) is 0 Å². The zero-order valence-electron chi connectivity index (χ0n) is 12.8. The molecular weight excluding hydrogens is 378 g/mol. The van der Waals surface area contributed by atoms with Crippen molar-refractivity contribution in [3.63, 3.8) is 0 Å². The molecule has 0 aliphatic heterocycles. The summed E-state index contributed by atoms with van der Waals surface area (Å²) in [5.41, 5.74) is 0.735. The summed E-state index contributed by atoms with van der Waals surface area (Å²) in [6.07, 6.45) is -6.00. The van der Waals surface area contributed by atoms with Crippen molar-refractivity contribution in [2.24, 2.45) is 0 Å².